The molecule has 2 rings (SSSR count). The summed E-state index contributed by atoms with van der Waals surface area (Å²) in [5, 5.41) is 2.64. The number of methoxy groups -OCH3 is 1. The molecule has 0 atom stereocenters. The van der Waals surface area contributed by atoms with Gasteiger partial charge in [0, 0.05) is 6.54 Å². The van der Waals surface area contributed by atoms with Crippen LogP contribution in [0.1, 0.15) is 11.1 Å². The third kappa shape index (κ3) is 5.39. The normalized spacial score (nSPS) is 10.1. The summed E-state index contributed by atoms with van der Waals surface area (Å²) in [6.45, 7) is -0.0862. The molecule has 0 fully saturated rings. The molecule has 0 aromatic heterocycles. The highest BCUT2D eigenvalue weighted by molar-refractivity contribution is 5.81. The maximum atomic E-state index is 13.4. The van der Waals surface area contributed by atoms with Gasteiger partial charge < -0.3 is 14.8 Å². The van der Waals surface area contributed by atoms with E-state index in [0.29, 0.717) is 6.54 Å². The van der Waals surface area contributed by atoms with E-state index in [1.54, 1.807) is 25.3 Å². The molecule has 2 aromatic carbocycles. The van der Waals surface area contributed by atoms with Crippen LogP contribution in [-0.2, 0) is 27.3 Å². The Morgan fingerprint density at radius 1 is 1.08 bits per heavy atom. The van der Waals surface area contributed by atoms with Crippen LogP contribution in [0.2, 0.25) is 0 Å². The lowest BCUT2D eigenvalue weighted by Crippen LogP contribution is -2.28. The molecule has 0 aliphatic rings. The van der Waals surface area contributed by atoms with E-state index < -0.39 is 24.3 Å². The Morgan fingerprint density at radius 2 is 1.79 bits per heavy atom. The second kappa shape index (κ2) is 8.67. The standard InChI is InChI=1S/C18H18FNO4/c1-23-15-8-6-13(7-9-15)11-20-17(21)12-24-18(22)10-14-4-2-3-5-16(14)19/h2-9H,10-12H2,1H3,(H,20,21). The fourth-order valence-electron chi connectivity index (χ4n) is 1.99. The third-order valence-corrected chi connectivity index (χ3v) is 3.31. The average Bonchev–Trinajstić information content (AvgIpc) is 2.60. The van der Waals surface area contributed by atoms with Gasteiger partial charge in [-0.3, -0.25) is 9.59 Å². The van der Waals surface area contributed by atoms with Gasteiger partial charge in [0.2, 0.25) is 0 Å². The summed E-state index contributed by atoms with van der Waals surface area (Å²) in [6, 6.07) is 13.2. The molecule has 0 radical (unpaired) electrons. The summed E-state index contributed by atoms with van der Waals surface area (Å²) >= 11 is 0. The minimum atomic E-state index is -0.653. The molecule has 1 N–H and O–H groups in total. The van der Waals surface area contributed by atoms with Gasteiger partial charge in [-0.25, -0.2) is 4.39 Å². The van der Waals surface area contributed by atoms with Crippen molar-refractivity contribution in [1.29, 1.82) is 0 Å². The first-order valence-corrected chi connectivity index (χ1v) is 7.37. The van der Waals surface area contributed by atoms with Crippen molar-refractivity contribution in [2.75, 3.05) is 13.7 Å². The van der Waals surface area contributed by atoms with Crippen LogP contribution in [0.15, 0.2) is 48.5 Å². The summed E-state index contributed by atoms with van der Waals surface area (Å²) in [6.07, 6.45) is -0.210. The zero-order valence-corrected chi connectivity index (χ0v) is 13.3. The van der Waals surface area contributed by atoms with Gasteiger partial charge in [0.05, 0.1) is 13.5 Å². The average molecular weight is 331 g/mol. The zero-order valence-electron chi connectivity index (χ0n) is 13.3. The topological polar surface area (TPSA) is 64.6 Å². The van der Waals surface area contributed by atoms with Crippen molar-refractivity contribution in [3.63, 3.8) is 0 Å². The Balaban J connectivity index is 1.72. The Kier molecular flexibility index (Phi) is 6.31. The summed E-state index contributed by atoms with van der Waals surface area (Å²) in [7, 11) is 1.58. The largest absolute Gasteiger partial charge is 0.497 e. The van der Waals surface area contributed by atoms with Gasteiger partial charge in [0.15, 0.2) is 6.61 Å². The van der Waals surface area contributed by atoms with Crippen molar-refractivity contribution in [3.8, 4) is 5.75 Å². The third-order valence-electron chi connectivity index (χ3n) is 3.31. The Morgan fingerprint density at radius 3 is 2.46 bits per heavy atom. The molecule has 0 aliphatic carbocycles. The fourth-order valence-corrected chi connectivity index (χ4v) is 1.99. The number of nitrogens with one attached hydrogen (secondary N) is 1. The Labute approximate surface area is 139 Å². The van der Waals surface area contributed by atoms with Crippen molar-refractivity contribution in [2.45, 2.75) is 13.0 Å². The molecule has 6 heteroatoms. The van der Waals surface area contributed by atoms with Gasteiger partial charge in [-0.15, -0.1) is 0 Å². The highest BCUT2D eigenvalue weighted by atomic mass is 19.1. The molecule has 24 heavy (non-hydrogen) atoms. The minimum absolute atomic E-state index is 0.210. The van der Waals surface area contributed by atoms with E-state index in [4.69, 9.17) is 9.47 Å². The Bertz CT molecular complexity index is 700. The molecular formula is C18H18FNO4. The van der Waals surface area contributed by atoms with E-state index in [9.17, 15) is 14.0 Å². The second-order valence-corrected chi connectivity index (χ2v) is 5.05. The number of ether oxygens (including phenoxy) is 2. The molecule has 1 amide bonds. The van der Waals surface area contributed by atoms with Crippen LogP contribution >= 0.6 is 0 Å². The molecular weight excluding hydrogens is 313 g/mol. The number of carbonyl (C=O) groups is 2. The number of rotatable bonds is 7. The summed E-state index contributed by atoms with van der Waals surface area (Å²) in [4.78, 5) is 23.3. The van der Waals surface area contributed by atoms with Crippen LogP contribution in [0.5, 0.6) is 5.75 Å². The number of esters is 1. The van der Waals surface area contributed by atoms with Gasteiger partial charge in [-0.05, 0) is 29.3 Å². The van der Waals surface area contributed by atoms with Gasteiger partial charge in [-0.1, -0.05) is 30.3 Å². The van der Waals surface area contributed by atoms with Crippen molar-refractivity contribution < 1.29 is 23.5 Å². The maximum absolute atomic E-state index is 13.4. The van der Waals surface area contributed by atoms with E-state index in [-0.39, 0.29) is 12.0 Å². The smallest absolute Gasteiger partial charge is 0.310 e. The molecule has 126 valence electrons. The van der Waals surface area contributed by atoms with Crippen molar-refractivity contribution in [1.82, 2.24) is 5.32 Å². The predicted molar refractivity (Wildman–Crippen MR) is 85.9 cm³/mol. The molecule has 2 aromatic rings. The van der Waals surface area contributed by atoms with E-state index in [0.717, 1.165) is 11.3 Å². The fraction of sp³-hybridized carbons (Fsp3) is 0.222. The molecule has 0 bridgehead atoms. The zero-order chi connectivity index (χ0) is 17.4. The van der Waals surface area contributed by atoms with Crippen LogP contribution in [0.25, 0.3) is 0 Å². The molecule has 0 unspecified atom stereocenters. The lowest BCUT2D eigenvalue weighted by Gasteiger charge is -2.08. The van der Waals surface area contributed by atoms with E-state index in [1.165, 1.54) is 18.2 Å². The van der Waals surface area contributed by atoms with Gasteiger partial charge in [0.1, 0.15) is 11.6 Å². The van der Waals surface area contributed by atoms with E-state index in [1.807, 2.05) is 12.1 Å². The Hall–Kier alpha value is -2.89. The second-order valence-electron chi connectivity index (χ2n) is 5.05. The van der Waals surface area contributed by atoms with Crippen LogP contribution in [0.3, 0.4) is 0 Å². The molecule has 0 saturated carbocycles. The van der Waals surface area contributed by atoms with Gasteiger partial charge in [0.25, 0.3) is 5.91 Å². The van der Waals surface area contributed by atoms with Crippen LogP contribution in [-0.4, -0.2) is 25.6 Å². The maximum Gasteiger partial charge on any atom is 0.310 e. The number of benzene rings is 2. The van der Waals surface area contributed by atoms with Crippen LogP contribution < -0.4 is 10.1 Å². The SMILES string of the molecule is COc1ccc(CNC(=O)COC(=O)Cc2ccccc2F)cc1. The highest BCUT2D eigenvalue weighted by Crippen LogP contribution is 2.11. The summed E-state index contributed by atoms with van der Waals surface area (Å²) < 4.78 is 23.3. The predicted octanol–water partition coefficient (Wildman–Crippen LogP) is 2.24. The molecule has 0 spiro atoms. The van der Waals surface area contributed by atoms with Crippen LogP contribution in [0.4, 0.5) is 4.39 Å². The first-order chi connectivity index (χ1) is 11.6. The summed E-state index contributed by atoms with van der Waals surface area (Å²) in [5.74, 6) is -0.821. The minimum Gasteiger partial charge on any atom is -0.497 e. The first kappa shape index (κ1) is 17.5. The number of hydrogen-bond donors (Lipinski definition) is 1. The quantitative estimate of drug-likeness (QED) is 0.790. The highest BCUT2D eigenvalue weighted by Gasteiger charge is 2.11. The summed E-state index contributed by atoms with van der Waals surface area (Å²) in [5.41, 5.74) is 1.13. The monoisotopic (exact) mass is 331 g/mol. The molecule has 0 aliphatic heterocycles. The van der Waals surface area contributed by atoms with Gasteiger partial charge >= 0.3 is 5.97 Å². The lowest BCUT2D eigenvalue weighted by atomic mass is 10.1. The molecule has 5 nitrogen and oxygen atoms in total. The molecule has 0 saturated heterocycles. The number of halogens is 1. The van der Waals surface area contributed by atoms with Crippen molar-refractivity contribution in [2.24, 2.45) is 0 Å². The van der Waals surface area contributed by atoms with Crippen LogP contribution in [0, 0.1) is 5.82 Å². The van der Waals surface area contributed by atoms with Crippen molar-refractivity contribution >= 4 is 11.9 Å². The number of carbonyl (C=O) groups excluding carboxylic acids is 2. The lowest BCUT2D eigenvalue weighted by molar-refractivity contribution is -0.147. The van der Waals surface area contributed by atoms with E-state index in [2.05, 4.69) is 5.32 Å². The number of hydrogen-bond acceptors (Lipinski definition) is 4. The van der Waals surface area contributed by atoms with E-state index >= 15 is 0 Å². The van der Waals surface area contributed by atoms with Crippen molar-refractivity contribution in [3.05, 3.63) is 65.5 Å². The first-order valence-electron chi connectivity index (χ1n) is 7.37. The van der Waals surface area contributed by atoms with Gasteiger partial charge in [-0.2, -0.15) is 0 Å². The number of amides is 1. The molecule has 0 heterocycles.